The molecule has 2 amide bonds. The van der Waals surface area contributed by atoms with Crippen molar-refractivity contribution in [2.75, 3.05) is 25.6 Å². The van der Waals surface area contributed by atoms with E-state index in [-0.39, 0.29) is 47.4 Å². The molecule has 0 aliphatic heterocycles. The van der Waals surface area contributed by atoms with Gasteiger partial charge in [0, 0.05) is 24.9 Å². The van der Waals surface area contributed by atoms with Crippen LogP contribution in [0.3, 0.4) is 0 Å². The van der Waals surface area contributed by atoms with Gasteiger partial charge in [0.1, 0.15) is 29.2 Å². The Hall–Kier alpha value is -4.03. The maximum absolute atomic E-state index is 14.5. The number of aryl methyl sites for hydroxylation is 1. The minimum Gasteiger partial charge on any atom is -0.456 e. The highest BCUT2D eigenvalue weighted by Gasteiger charge is 2.40. The summed E-state index contributed by atoms with van der Waals surface area (Å²) in [4.78, 5) is 25.7. The lowest BCUT2D eigenvalue weighted by Gasteiger charge is -2.19. The first-order chi connectivity index (χ1) is 19.4. The molecule has 218 valence electrons. The van der Waals surface area contributed by atoms with Crippen LogP contribution in [-0.4, -0.2) is 32.1 Å². The summed E-state index contributed by atoms with van der Waals surface area (Å²) in [5, 5.41) is 4.93. The average molecular weight is 578 g/mol. The summed E-state index contributed by atoms with van der Waals surface area (Å²) in [7, 11) is 1.44. The fraction of sp³-hybridized carbons (Fsp3) is 0.310. The third-order valence-electron chi connectivity index (χ3n) is 6.55. The molecule has 0 spiro atoms. The zero-order valence-electron chi connectivity index (χ0n) is 22.2. The van der Waals surface area contributed by atoms with E-state index in [1.165, 1.54) is 31.4 Å². The number of carbonyl (C=O) groups is 2. The number of alkyl halides is 3. The summed E-state index contributed by atoms with van der Waals surface area (Å²) in [6.45, 7) is 1.90. The van der Waals surface area contributed by atoms with E-state index >= 15 is 0 Å². The normalized spacial score (nSPS) is 14.0. The lowest BCUT2D eigenvalue weighted by atomic mass is 9.98. The van der Waals surface area contributed by atoms with Crippen molar-refractivity contribution in [3.8, 4) is 11.5 Å². The standard InChI is InChI=1S/C29H28F5N3O4/c1-15-11-17(30)5-8-24(15)41-25-14-19(16-3-4-16)22(29(32,33)34)13-21(25)27(38)37-18-6-7-23(31)20(12-18)26(35)28(39)36-9-10-40-2/h5-8,11-14,16,26H,3-4,9-10,35H2,1-2H3,(H,36,39)(H,37,38). The van der Waals surface area contributed by atoms with Gasteiger partial charge in [0.2, 0.25) is 5.91 Å². The number of amides is 2. The van der Waals surface area contributed by atoms with Crippen molar-refractivity contribution in [1.82, 2.24) is 5.32 Å². The lowest BCUT2D eigenvalue weighted by Crippen LogP contribution is -2.36. The molecular formula is C29H28F5N3O4. The second-order valence-electron chi connectivity index (χ2n) is 9.67. The number of ether oxygens (including phenoxy) is 2. The van der Waals surface area contributed by atoms with E-state index in [1.807, 2.05) is 0 Å². The number of anilines is 1. The molecule has 3 aromatic rings. The predicted octanol–water partition coefficient (Wildman–Crippen LogP) is 5.98. The Kier molecular flexibility index (Phi) is 8.93. The Labute approximate surface area is 232 Å². The molecule has 1 fully saturated rings. The number of carbonyl (C=O) groups excluding carboxylic acids is 2. The zero-order valence-corrected chi connectivity index (χ0v) is 22.2. The van der Waals surface area contributed by atoms with Gasteiger partial charge in [-0.05, 0) is 85.3 Å². The van der Waals surface area contributed by atoms with Gasteiger partial charge in [0.25, 0.3) is 5.91 Å². The molecule has 12 heteroatoms. The van der Waals surface area contributed by atoms with Crippen molar-refractivity contribution in [2.45, 2.75) is 37.9 Å². The van der Waals surface area contributed by atoms with Gasteiger partial charge >= 0.3 is 6.18 Å². The summed E-state index contributed by atoms with van der Waals surface area (Å²) in [6, 6.07) is 7.39. The summed E-state index contributed by atoms with van der Waals surface area (Å²) in [6.07, 6.45) is -3.63. The summed E-state index contributed by atoms with van der Waals surface area (Å²) in [5.41, 5.74) is 4.60. The molecule has 0 heterocycles. The van der Waals surface area contributed by atoms with Crippen LogP contribution in [0, 0.1) is 18.6 Å². The minimum atomic E-state index is -4.75. The van der Waals surface area contributed by atoms with Crippen molar-refractivity contribution >= 4 is 17.5 Å². The number of benzene rings is 3. The highest BCUT2D eigenvalue weighted by Crippen LogP contribution is 2.48. The quantitative estimate of drug-likeness (QED) is 0.203. The van der Waals surface area contributed by atoms with E-state index in [9.17, 15) is 31.5 Å². The van der Waals surface area contributed by atoms with Crippen molar-refractivity contribution in [2.24, 2.45) is 5.73 Å². The Balaban J connectivity index is 1.69. The van der Waals surface area contributed by atoms with Crippen LogP contribution >= 0.6 is 0 Å². The van der Waals surface area contributed by atoms with E-state index in [0.717, 1.165) is 24.3 Å². The van der Waals surface area contributed by atoms with Gasteiger partial charge < -0.3 is 25.8 Å². The van der Waals surface area contributed by atoms with Crippen LogP contribution in [0.2, 0.25) is 0 Å². The van der Waals surface area contributed by atoms with Crippen molar-refractivity contribution in [1.29, 1.82) is 0 Å². The maximum Gasteiger partial charge on any atom is 0.416 e. The van der Waals surface area contributed by atoms with E-state index in [0.29, 0.717) is 18.4 Å². The molecule has 0 radical (unpaired) electrons. The highest BCUT2D eigenvalue weighted by atomic mass is 19.4. The molecular weight excluding hydrogens is 549 g/mol. The van der Waals surface area contributed by atoms with Crippen LogP contribution in [-0.2, 0) is 15.7 Å². The second-order valence-corrected chi connectivity index (χ2v) is 9.67. The number of nitrogens with one attached hydrogen (secondary N) is 2. The number of hydrogen-bond acceptors (Lipinski definition) is 5. The molecule has 1 aliphatic carbocycles. The highest BCUT2D eigenvalue weighted by molar-refractivity contribution is 6.06. The molecule has 4 N–H and O–H groups in total. The van der Waals surface area contributed by atoms with Gasteiger partial charge in [-0.25, -0.2) is 8.78 Å². The molecule has 7 nitrogen and oxygen atoms in total. The molecule has 4 rings (SSSR count). The van der Waals surface area contributed by atoms with Crippen LogP contribution in [0.15, 0.2) is 48.5 Å². The van der Waals surface area contributed by atoms with Crippen molar-refractivity contribution in [3.05, 3.63) is 88.0 Å². The maximum atomic E-state index is 14.5. The number of halogens is 5. The van der Waals surface area contributed by atoms with E-state index < -0.39 is 46.8 Å². The number of methoxy groups -OCH3 is 1. The molecule has 1 atom stereocenters. The van der Waals surface area contributed by atoms with Crippen molar-refractivity contribution in [3.63, 3.8) is 0 Å². The third-order valence-corrected chi connectivity index (χ3v) is 6.55. The van der Waals surface area contributed by atoms with Crippen LogP contribution in [0.4, 0.5) is 27.6 Å². The van der Waals surface area contributed by atoms with E-state index in [1.54, 1.807) is 6.92 Å². The SMILES string of the molecule is COCCNC(=O)C(N)c1cc(NC(=O)c2cc(C(F)(F)F)c(C3CC3)cc2Oc2ccc(F)cc2C)ccc1F. The molecule has 3 aromatic carbocycles. The Morgan fingerprint density at radius 3 is 2.41 bits per heavy atom. The molecule has 0 saturated heterocycles. The summed E-state index contributed by atoms with van der Waals surface area (Å²) in [5.74, 6) is -3.38. The number of hydrogen-bond donors (Lipinski definition) is 3. The van der Waals surface area contributed by atoms with Gasteiger partial charge in [-0.15, -0.1) is 0 Å². The zero-order chi connectivity index (χ0) is 29.9. The third kappa shape index (κ3) is 7.19. The largest absolute Gasteiger partial charge is 0.456 e. The minimum absolute atomic E-state index is 0.00154. The predicted molar refractivity (Wildman–Crippen MR) is 141 cm³/mol. The van der Waals surface area contributed by atoms with Gasteiger partial charge in [-0.3, -0.25) is 9.59 Å². The Morgan fingerprint density at radius 2 is 1.78 bits per heavy atom. The fourth-order valence-corrected chi connectivity index (χ4v) is 4.27. The van der Waals surface area contributed by atoms with Gasteiger partial charge in [-0.2, -0.15) is 13.2 Å². The van der Waals surface area contributed by atoms with E-state index in [2.05, 4.69) is 10.6 Å². The first kappa shape index (κ1) is 29.9. The second kappa shape index (κ2) is 12.2. The van der Waals surface area contributed by atoms with Crippen LogP contribution in [0.25, 0.3) is 0 Å². The topological polar surface area (TPSA) is 103 Å². The Morgan fingerprint density at radius 1 is 1.05 bits per heavy atom. The smallest absolute Gasteiger partial charge is 0.416 e. The molecule has 1 saturated carbocycles. The molecule has 41 heavy (non-hydrogen) atoms. The summed E-state index contributed by atoms with van der Waals surface area (Å²) < 4.78 is 81.0. The number of rotatable bonds is 10. The van der Waals surface area contributed by atoms with Gasteiger partial charge in [-0.1, -0.05) is 0 Å². The van der Waals surface area contributed by atoms with Crippen LogP contribution in [0.5, 0.6) is 11.5 Å². The number of nitrogens with two attached hydrogens (primary N) is 1. The lowest BCUT2D eigenvalue weighted by molar-refractivity contribution is -0.138. The average Bonchev–Trinajstić information content (AvgIpc) is 3.76. The first-order valence-corrected chi connectivity index (χ1v) is 12.7. The monoisotopic (exact) mass is 577 g/mol. The van der Waals surface area contributed by atoms with Crippen LogP contribution in [0.1, 0.15) is 57.4 Å². The summed E-state index contributed by atoms with van der Waals surface area (Å²) >= 11 is 0. The molecule has 0 aromatic heterocycles. The molecule has 0 bridgehead atoms. The fourth-order valence-electron chi connectivity index (χ4n) is 4.27. The Bertz CT molecular complexity index is 1460. The van der Waals surface area contributed by atoms with Gasteiger partial charge in [0.15, 0.2) is 0 Å². The van der Waals surface area contributed by atoms with E-state index in [4.69, 9.17) is 15.2 Å². The molecule has 1 aliphatic rings. The van der Waals surface area contributed by atoms with Crippen molar-refractivity contribution < 1.29 is 41.0 Å². The van der Waals surface area contributed by atoms with Crippen LogP contribution < -0.4 is 21.1 Å². The first-order valence-electron chi connectivity index (χ1n) is 12.7. The molecule has 1 unspecified atom stereocenters. The van der Waals surface area contributed by atoms with Gasteiger partial charge in [0.05, 0.1) is 17.7 Å².